The van der Waals surface area contributed by atoms with Crippen LogP contribution in [0.15, 0.2) is 0 Å². The monoisotopic (exact) mass is 258 g/mol. The maximum atomic E-state index is 4.25. The molecule has 0 radical (unpaired) electrons. The summed E-state index contributed by atoms with van der Waals surface area (Å²) in [5.41, 5.74) is 0. The molecule has 0 spiro atoms. The molecule has 3 heteroatoms. The Labute approximate surface area is 113 Å². The van der Waals surface area contributed by atoms with Crippen molar-refractivity contribution in [1.82, 2.24) is 9.80 Å². The summed E-state index contributed by atoms with van der Waals surface area (Å²) in [4.78, 5) is 5.27. The summed E-state index contributed by atoms with van der Waals surface area (Å²) in [5, 5.41) is 0. The molecule has 1 fully saturated rings. The molecule has 0 aliphatic carbocycles. The molecule has 0 aromatic rings. The number of hydrogen-bond acceptors (Lipinski definition) is 3. The molecule has 0 aromatic heterocycles. The van der Waals surface area contributed by atoms with Crippen LogP contribution in [-0.4, -0.2) is 54.3 Å². The van der Waals surface area contributed by atoms with Gasteiger partial charge in [-0.15, -0.1) is 0 Å². The molecule has 17 heavy (non-hydrogen) atoms. The molecule has 1 saturated heterocycles. The number of thiol groups is 1. The molecule has 0 aromatic carbocycles. The van der Waals surface area contributed by atoms with Crippen molar-refractivity contribution in [3.63, 3.8) is 0 Å². The average Bonchev–Trinajstić information content (AvgIpc) is 2.79. The highest BCUT2D eigenvalue weighted by Gasteiger charge is 2.25. The van der Waals surface area contributed by atoms with Gasteiger partial charge >= 0.3 is 0 Å². The fraction of sp³-hybridized carbons (Fsp3) is 1.00. The number of nitrogens with zero attached hydrogens (tertiary/aromatic N) is 2. The Kier molecular flexibility index (Phi) is 8.33. The van der Waals surface area contributed by atoms with Gasteiger partial charge in [0.1, 0.15) is 0 Å². The number of unbranched alkanes of at least 4 members (excludes halogenated alkanes) is 3. The topological polar surface area (TPSA) is 6.48 Å². The van der Waals surface area contributed by atoms with Crippen molar-refractivity contribution < 1.29 is 0 Å². The molecule has 0 bridgehead atoms. The van der Waals surface area contributed by atoms with Gasteiger partial charge in [0.2, 0.25) is 0 Å². The van der Waals surface area contributed by atoms with Crippen LogP contribution in [0.2, 0.25) is 0 Å². The number of likely N-dealkylation sites (tertiary alicyclic amines) is 1. The first-order chi connectivity index (χ1) is 8.31. The number of likely N-dealkylation sites (N-methyl/N-ethyl adjacent to an activating group) is 1. The van der Waals surface area contributed by atoms with E-state index in [1.54, 1.807) is 0 Å². The van der Waals surface area contributed by atoms with Crippen LogP contribution < -0.4 is 0 Å². The highest BCUT2D eigenvalue weighted by atomic mass is 32.1. The van der Waals surface area contributed by atoms with Crippen molar-refractivity contribution in [1.29, 1.82) is 0 Å². The van der Waals surface area contributed by atoms with E-state index in [-0.39, 0.29) is 0 Å². The van der Waals surface area contributed by atoms with Crippen LogP contribution in [0.4, 0.5) is 0 Å². The zero-order valence-corrected chi connectivity index (χ0v) is 12.6. The molecule has 1 aliphatic rings. The molecule has 0 N–H and O–H groups in total. The van der Waals surface area contributed by atoms with Crippen molar-refractivity contribution in [3.8, 4) is 0 Å². The van der Waals surface area contributed by atoms with E-state index in [1.165, 1.54) is 64.8 Å². The Bertz CT molecular complexity index is 183. The molecule has 0 saturated carbocycles. The third-order valence-electron chi connectivity index (χ3n) is 3.96. The molecule has 1 aliphatic heterocycles. The lowest BCUT2D eigenvalue weighted by molar-refractivity contribution is 0.210. The average molecular weight is 258 g/mol. The predicted octanol–water partition coefficient (Wildman–Crippen LogP) is 2.89. The van der Waals surface area contributed by atoms with Crippen molar-refractivity contribution >= 4 is 12.6 Å². The largest absolute Gasteiger partial charge is 0.302 e. The quantitative estimate of drug-likeness (QED) is 0.502. The Hall–Kier alpha value is 0.270. The van der Waals surface area contributed by atoms with E-state index < -0.39 is 0 Å². The second kappa shape index (κ2) is 9.23. The summed E-state index contributed by atoms with van der Waals surface area (Å²) in [6.45, 7) is 10.9. The van der Waals surface area contributed by atoms with Gasteiger partial charge in [0.15, 0.2) is 0 Å². The van der Waals surface area contributed by atoms with Crippen molar-refractivity contribution in [2.75, 3.05) is 38.5 Å². The highest BCUT2D eigenvalue weighted by Crippen LogP contribution is 2.16. The smallest absolute Gasteiger partial charge is 0.0235 e. The molecular weight excluding hydrogens is 228 g/mol. The fourth-order valence-electron chi connectivity index (χ4n) is 2.85. The van der Waals surface area contributed by atoms with Gasteiger partial charge < -0.3 is 4.90 Å². The van der Waals surface area contributed by atoms with Crippen LogP contribution in [0.5, 0.6) is 0 Å². The van der Waals surface area contributed by atoms with Crippen LogP contribution in [-0.2, 0) is 0 Å². The molecule has 2 nitrogen and oxygen atoms in total. The third kappa shape index (κ3) is 5.62. The van der Waals surface area contributed by atoms with Crippen LogP contribution in [0.25, 0.3) is 0 Å². The van der Waals surface area contributed by atoms with E-state index in [4.69, 9.17) is 0 Å². The van der Waals surface area contributed by atoms with Crippen LogP contribution in [0.1, 0.15) is 46.0 Å². The van der Waals surface area contributed by atoms with Gasteiger partial charge in [-0.05, 0) is 51.2 Å². The normalized spacial score (nSPS) is 21.5. The molecular formula is C14H30N2S. The van der Waals surface area contributed by atoms with Gasteiger partial charge in [-0.2, -0.15) is 12.6 Å². The summed E-state index contributed by atoms with van der Waals surface area (Å²) in [7, 11) is 0. The fourth-order valence-corrected chi connectivity index (χ4v) is 3.08. The summed E-state index contributed by atoms with van der Waals surface area (Å²) in [6.07, 6.45) is 6.77. The molecule has 1 atom stereocenters. The number of hydrogen-bond donors (Lipinski definition) is 1. The predicted molar refractivity (Wildman–Crippen MR) is 80.1 cm³/mol. The molecule has 0 amide bonds. The van der Waals surface area contributed by atoms with Gasteiger partial charge in [-0.25, -0.2) is 0 Å². The Morgan fingerprint density at radius 2 is 1.82 bits per heavy atom. The van der Waals surface area contributed by atoms with Gasteiger partial charge in [-0.3, -0.25) is 4.90 Å². The van der Waals surface area contributed by atoms with Crippen LogP contribution >= 0.6 is 12.6 Å². The van der Waals surface area contributed by atoms with Crippen molar-refractivity contribution in [2.24, 2.45) is 0 Å². The van der Waals surface area contributed by atoms with Gasteiger partial charge in [0, 0.05) is 12.6 Å². The minimum absolute atomic E-state index is 0.822. The summed E-state index contributed by atoms with van der Waals surface area (Å²) in [6, 6.07) is 0.822. The highest BCUT2D eigenvalue weighted by molar-refractivity contribution is 7.80. The summed E-state index contributed by atoms with van der Waals surface area (Å²) in [5.74, 6) is 1.05. The maximum absolute atomic E-state index is 4.25. The van der Waals surface area contributed by atoms with E-state index in [2.05, 4.69) is 36.3 Å². The summed E-state index contributed by atoms with van der Waals surface area (Å²) < 4.78 is 0. The Morgan fingerprint density at radius 3 is 2.47 bits per heavy atom. The van der Waals surface area contributed by atoms with Crippen molar-refractivity contribution in [2.45, 2.75) is 52.0 Å². The van der Waals surface area contributed by atoms with Crippen molar-refractivity contribution in [3.05, 3.63) is 0 Å². The lowest BCUT2D eigenvalue weighted by Gasteiger charge is -2.26. The molecule has 1 heterocycles. The minimum atomic E-state index is 0.822. The van der Waals surface area contributed by atoms with Gasteiger partial charge in [0.25, 0.3) is 0 Å². The van der Waals surface area contributed by atoms with E-state index in [9.17, 15) is 0 Å². The first-order valence-corrected chi connectivity index (χ1v) is 8.02. The second-order valence-electron chi connectivity index (χ2n) is 5.10. The maximum Gasteiger partial charge on any atom is 0.0235 e. The molecule has 102 valence electrons. The molecule has 1 unspecified atom stereocenters. The van der Waals surface area contributed by atoms with Gasteiger partial charge in [0.05, 0.1) is 0 Å². The first kappa shape index (κ1) is 15.3. The molecule has 1 rings (SSSR count). The first-order valence-electron chi connectivity index (χ1n) is 7.39. The Balaban J connectivity index is 2.09. The summed E-state index contributed by atoms with van der Waals surface area (Å²) >= 11 is 4.25. The number of rotatable bonds is 9. The third-order valence-corrected chi connectivity index (χ3v) is 4.27. The van der Waals surface area contributed by atoms with E-state index >= 15 is 0 Å². The lowest BCUT2D eigenvalue weighted by Crippen LogP contribution is -2.37. The van der Waals surface area contributed by atoms with E-state index in [0.29, 0.717) is 0 Å². The second-order valence-corrected chi connectivity index (χ2v) is 5.55. The lowest BCUT2D eigenvalue weighted by atomic mass is 10.2. The minimum Gasteiger partial charge on any atom is -0.302 e. The zero-order chi connectivity index (χ0) is 12.5. The zero-order valence-electron chi connectivity index (χ0n) is 11.7. The Morgan fingerprint density at radius 1 is 1.12 bits per heavy atom. The van der Waals surface area contributed by atoms with Crippen LogP contribution in [0, 0.1) is 0 Å². The SMILES string of the molecule is CCN(CC)C1CCN(CCCCCCS)C1. The van der Waals surface area contributed by atoms with Crippen LogP contribution in [0.3, 0.4) is 0 Å². The van der Waals surface area contributed by atoms with E-state index in [1.807, 2.05) is 0 Å². The standard InChI is InChI=1S/C14H30N2S/c1-3-16(4-2)14-9-11-15(13-14)10-7-5-6-8-12-17/h14,17H,3-13H2,1-2H3. The van der Waals surface area contributed by atoms with Gasteiger partial charge in [-0.1, -0.05) is 26.7 Å². The van der Waals surface area contributed by atoms with E-state index in [0.717, 1.165) is 11.8 Å².